The highest BCUT2D eigenvalue weighted by Gasteiger charge is 2.16. The monoisotopic (exact) mass is 380 g/mol. The first-order valence-electron chi connectivity index (χ1n) is 9.73. The Kier molecular flexibility index (Phi) is 9.52. The normalized spacial score (nSPS) is 18.7. The molecule has 0 bridgehead atoms. The quantitative estimate of drug-likeness (QED) is 0.370. The van der Waals surface area contributed by atoms with Gasteiger partial charge in [0.1, 0.15) is 5.82 Å². The predicted molar refractivity (Wildman–Crippen MR) is 107 cm³/mol. The van der Waals surface area contributed by atoms with Crippen LogP contribution < -0.4 is 10.6 Å². The molecule has 1 fully saturated rings. The number of halogens is 1. The van der Waals surface area contributed by atoms with Crippen molar-refractivity contribution in [1.82, 2.24) is 15.5 Å². The fourth-order valence-electron chi connectivity index (χ4n) is 2.94. The fourth-order valence-corrected chi connectivity index (χ4v) is 2.94. The van der Waals surface area contributed by atoms with Crippen molar-refractivity contribution in [3.8, 4) is 0 Å². The number of guanidine groups is 1. The minimum atomic E-state index is -0.221. The number of rotatable bonds is 10. The first-order chi connectivity index (χ1) is 13.1. The summed E-state index contributed by atoms with van der Waals surface area (Å²) in [5.74, 6) is 0.566. The van der Waals surface area contributed by atoms with Crippen LogP contribution in [0, 0.1) is 5.82 Å². The highest BCUT2D eigenvalue weighted by atomic mass is 19.1. The van der Waals surface area contributed by atoms with Crippen LogP contribution in [-0.4, -0.2) is 70.5 Å². The van der Waals surface area contributed by atoms with Crippen molar-refractivity contribution in [2.24, 2.45) is 4.99 Å². The lowest BCUT2D eigenvalue weighted by Crippen LogP contribution is -2.39. The number of nitrogens with zero attached hydrogens (tertiary/aromatic N) is 2. The molecule has 2 N–H and O–H groups in total. The maximum atomic E-state index is 13.2. The molecular weight excluding hydrogens is 347 g/mol. The van der Waals surface area contributed by atoms with Crippen LogP contribution in [-0.2, 0) is 9.47 Å². The molecule has 152 valence electrons. The van der Waals surface area contributed by atoms with Crippen molar-refractivity contribution in [2.45, 2.75) is 31.9 Å². The molecular formula is C20H33FN4O2. The molecule has 0 radical (unpaired) electrons. The number of aliphatic imine (C=N–C) groups is 1. The zero-order chi connectivity index (χ0) is 19.5. The summed E-state index contributed by atoms with van der Waals surface area (Å²) in [4.78, 5) is 6.80. The number of likely N-dealkylation sites (N-methyl/N-ethyl adjacent to an activating group) is 1. The molecule has 0 aromatic heterocycles. The van der Waals surface area contributed by atoms with Crippen molar-refractivity contribution in [3.05, 3.63) is 35.6 Å². The Balaban J connectivity index is 1.81. The summed E-state index contributed by atoms with van der Waals surface area (Å²) in [5.41, 5.74) is 1.05. The highest BCUT2D eigenvalue weighted by Crippen LogP contribution is 2.19. The van der Waals surface area contributed by atoms with Crippen LogP contribution in [0.5, 0.6) is 0 Å². The molecule has 2 rings (SSSR count). The molecule has 1 aliphatic rings. The van der Waals surface area contributed by atoms with Gasteiger partial charge in [-0.05, 0) is 51.6 Å². The Morgan fingerprint density at radius 2 is 2.11 bits per heavy atom. The Bertz CT molecular complexity index is 560. The second-order valence-electron chi connectivity index (χ2n) is 6.89. The van der Waals surface area contributed by atoms with Gasteiger partial charge in [0.25, 0.3) is 0 Å². The smallest absolute Gasteiger partial charge is 0.191 e. The molecule has 1 saturated heterocycles. The van der Waals surface area contributed by atoms with Gasteiger partial charge in [-0.1, -0.05) is 12.1 Å². The topological polar surface area (TPSA) is 58.1 Å². The van der Waals surface area contributed by atoms with Crippen LogP contribution in [0.15, 0.2) is 29.3 Å². The Morgan fingerprint density at radius 1 is 1.33 bits per heavy atom. The molecule has 2 atom stereocenters. The number of ether oxygens (including phenoxy) is 2. The summed E-state index contributed by atoms with van der Waals surface area (Å²) < 4.78 is 24.3. The number of hydrogen-bond acceptors (Lipinski definition) is 4. The van der Waals surface area contributed by atoms with E-state index in [0.29, 0.717) is 13.2 Å². The lowest BCUT2D eigenvalue weighted by Gasteiger charge is -2.23. The minimum absolute atomic E-state index is 0.0896. The summed E-state index contributed by atoms with van der Waals surface area (Å²) >= 11 is 0. The van der Waals surface area contributed by atoms with E-state index in [2.05, 4.69) is 15.5 Å². The van der Waals surface area contributed by atoms with E-state index < -0.39 is 0 Å². The number of benzene rings is 1. The second kappa shape index (κ2) is 11.9. The van der Waals surface area contributed by atoms with Gasteiger partial charge in [-0.15, -0.1) is 0 Å². The maximum Gasteiger partial charge on any atom is 0.191 e. The average molecular weight is 381 g/mol. The van der Waals surface area contributed by atoms with E-state index in [1.807, 2.05) is 33.2 Å². The van der Waals surface area contributed by atoms with Crippen LogP contribution in [0.3, 0.4) is 0 Å². The van der Waals surface area contributed by atoms with Crippen molar-refractivity contribution in [2.75, 3.05) is 53.6 Å². The van der Waals surface area contributed by atoms with Gasteiger partial charge in [0.05, 0.1) is 25.3 Å². The third kappa shape index (κ3) is 7.82. The molecule has 27 heavy (non-hydrogen) atoms. The van der Waals surface area contributed by atoms with E-state index >= 15 is 0 Å². The molecule has 1 aromatic rings. The largest absolute Gasteiger partial charge is 0.379 e. The summed E-state index contributed by atoms with van der Waals surface area (Å²) in [5, 5.41) is 6.62. The zero-order valence-corrected chi connectivity index (χ0v) is 16.7. The van der Waals surface area contributed by atoms with Gasteiger partial charge in [0.15, 0.2) is 5.96 Å². The van der Waals surface area contributed by atoms with Crippen LogP contribution in [0.2, 0.25) is 0 Å². The van der Waals surface area contributed by atoms with E-state index in [0.717, 1.165) is 50.7 Å². The van der Waals surface area contributed by atoms with Crippen LogP contribution >= 0.6 is 0 Å². The first-order valence-corrected chi connectivity index (χ1v) is 9.73. The molecule has 0 aliphatic carbocycles. The first kappa shape index (κ1) is 21.6. The Labute approximate surface area is 162 Å². The average Bonchev–Trinajstić information content (AvgIpc) is 3.16. The Hall–Kier alpha value is -1.70. The van der Waals surface area contributed by atoms with Crippen LogP contribution in [0.1, 0.15) is 31.4 Å². The van der Waals surface area contributed by atoms with E-state index in [1.165, 1.54) is 12.1 Å². The van der Waals surface area contributed by atoms with Crippen LogP contribution in [0.4, 0.5) is 4.39 Å². The van der Waals surface area contributed by atoms with E-state index in [1.54, 1.807) is 0 Å². The summed E-state index contributed by atoms with van der Waals surface area (Å²) in [7, 11) is 4.02. The molecule has 1 aliphatic heterocycles. The van der Waals surface area contributed by atoms with Crippen molar-refractivity contribution < 1.29 is 13.9 Å². The molecule has 1 heterocycles. The van der Waals surface area contributed by atoms with Crippen molar-refractivity contribution in [3.63, 3.8) is 0 Å². The standard InChI is InChI=1S/C20H33FN4O2/c1-4-22-20(23-11-5-12-27-18-10-13-26-15-18)24-14-19(25(2)3)16-6-8-17(21)9-7-16/h6-9,18-19H,4-5,10-15H2,1-3H3,(H2,22,23,24). The molecule has 2 unspecified atom stereocenters. The maximum absolute atomic E-state index is 13.2. The van der Waals surface area contributed by atoms with Gasteiger partial charge in [-0.3, -0.25) is 4.99 Å². The number of nitrogens with one attached hydrogen (secondary N) is 2. The predicted octanol–water partition coefficient (Wildman–Crippen LogP) is 2.18. The van der Waals surface area contributed by atoms with Gasteiger partial charge in [-0.25, -0.2) is 4.39 Å². The molecule has 0 amide bonds. The van der Waals surface area contributed by atoms with Crippen molar-refractivity contribution >= 4 is 5.96 Å². The third-order valence-electron chi connectivity index (χ3n) is 4.50. The summed E-state index contributed by atoms with van der Waals surface area (Å²) in [6, 6.07) is 6.72. The van der Waals surface area contributed by atoms with Crippen LogP contribution in [0.25, 0.3) is 0 Å². The van der Waals surface area contributed by atoms with Gasteiger partial charge in [0, 0.05) is 26.3 Å². The van der Waals surface area contributed by atoms with E-state index in [9.17, 15) is 4.39 Å². The SMILES string of the molecule is CCNC(=NCC(c1ccc(F)cc1)N(C)C)NCCCOC1CCOC1. The second-order valence-corrected chi connectivity index (χ2v) is 6.89. The van der Waals surface area contributed by atoms with Gasteiger partial charge in [0.2, 0.25) is 0 Å². The van der Waals surface area contributed by atoms with Gasteiger partial charge < -0.3 is 25.0 Å². The summed E-state index contributed by atoms with van der Waals surface area (Å²) in [6.07, 6.45) is 2.16. The number of hydrogen-bond donors (Lipinski definition) is 2. The highest BCUT2D eigenvalue weighted by molar-refractivity contribution is 5.79. The van der Waals surface area contributed by atoms with E-state index in [-0.39, 0.29) is 18.0 Å². The summed E-state index contributed by atoms with van der Waals surface area (Å²) in [6.45, 7) is 6.46. The third-order valence-corrected chi connectivity index (χ3v) is 4.50. The van der Waals surface area contributed by atoms with Crippen molar-refractivity contribution in [1.29, 1.82) is 0 Å². The molecule has 0 spiro atoms. The molecule has 7 heteroatoms. The lowest BCUT2D eigenvalue weighted by molar-refractivity contribution is 0.0420. The zero-order valence-electron chi connectivity index (χ0n) is 16.7. The molecule has 1 aromatic carbocycles. The van der Waals surface area contributed by atoms with Gasteiger partial charge in [-0.2, -0.15) is 0 Å². The van der Waals surface area contributed by atoms with E-state index in [4.69, 9.17) is 14.5 Å². The molecule has 6 nitrogen and oxygen atoms in total. The Morgan fingerprint density at radius 3 is 2.74 bits per heavy atom. The molecule has 0 saturated carbocycles. The van der Waals surface area contributed by atoms with Gasteiger partial charge >= 0.3 is 0 Å². The fraction of sp³-hybridized carbons (Fsp3) is 0.650. The minimum Gasteiger partial charge on any atom is -0.379 e. The lowest BCUT2D eigenvalue weighted by atomic mass is 10.1.